The van der Waals surface area contributed by atoms with Crippen molar-refractivity contribution in [3.8, 4) is 11.5 Å². The van der Waals surface area contributed by atoms with E-state index in [1.54, 1.807) is 19.5 Å². The monoisotopic (exact) mass is 397 g/mol. The van der Waals surface area contributed by atoms with E-state index in [0.29, 0.717) is 12.6 Å². The average molecular weight is 398 g/mol. The standard InChI is InChI=1S/C23H31N3O3/c1-17(2)23(27)26-11-8-20(9-12-26)25-15-18-6-7-21(28-3)22(13-18)29-16-19-5-4-10-24-14-19/h4-7,10,13-14,17,20,25H,8-9,11-12,15-16H2,1-3H3. The minimum Gasteiger partial charge on any atom is -0.493 e. The summed E-state index contributed by atoms with van der Waals surface area (Å²) in [6, 6.07) is 10.3. The predicted molar refractivity (Wildman–Crippen MR) is 113 cm³/mol. The maximum absolute atomic E-state index is 12.1. The topological polar surface area (TPSA) is 63.7 Å². The van der Waals surface area contributed by atoms with Crippen LogP contribution in [0.1, 0.15) is 37.8 Å². The second-order valence-corrected chi connectivity index (χ2v) is 7.77. The number of rotatable bonds is 8. The zero-order valence-electron chi connectivity index (χ0n) is 17.6. The van der Waals surface area contributed by atoms with E-state index in [0.717, 1.165) is 55.1 Å². The van der Waals surface area contributed by atoms with Crippen LogP contribution in [0.3, 0.4) is 0 Å². The van der Waals surface area contributed by atoms with E-state index < -0.39 is 0 Å². The summed E-state index contributed by atoms with van der Waals surface area (Å²) in [7, 11) is 1.65. The van der Waals surface area contributed by atoms with Gasteiger partial charge in [-0.3, -0.25) is 9.78 Å². The van der Waals surface area contributed by atoms with Crippen molar-refractivity contribution in [3.63, 3.8) is 0 Å². The molecule has 6 heteroatoms. The summed E-state index contributed by atoms with van der Waals surface area (Å²) >= 11 is 0. The van der Waals surface area contributed by atoms with Crippen LogP contribution in [0, 0.1) is 5.92 Å². The largest absolute Gasteiger partial charge is 0.493 e. The molecule has 0 atom stereocenters. The van der Waals surface area contributed by atoms with Gasteiger partial charge in [-0.1, -0.05) is 26.0 Å². The average Bonchev–Trinajstić information content (AvgIpc) is 2.76. The Bertz CT molecular complexity index is 787. The van der Waals surface area contributed by atoms with Gasteiger partial charge < -0.3 is 19.7 Å². The van der Waals surface area contributed by atoms with E-state index in [-0.39, 0.29) is 11.8 Å². The molecule has 1 aliphatic rings. The first-order valence-electron chi connectivity index (χ1n) is 10.3. The SMILES string of the molecule is COc1ccc(CNC2CCN(C(=O)C(C)C)CC2)cc1OCc1cccnc1. The van der Waals surface area contributed by atoms with Crippen LogP contribution in [0.2, 0.25) is 0 Å². The molecule has 156 valence electrons. The van der Waals surface area contributed by atoms with Crippen LogP contribution in [0.4, 0.5) is 0 Å². The van der Waals surface area contributed by atoms with Gasteiger partial charge in [0.15, 0.2) is 11.5 Å². The molecule has 1 N–H and O–H groups in total. The molecule has 1 aliphatic heterocycles. The first-order valence-corrected chi connectivity index (χ1v) is 10.3. The van der Waals surface area contributed by atoms with Crippen LogP contribution in [0.15, 0.2) is 42.7 Å². The third-order valence-electron chi connectivity index (χ3n) is 5.24. The Labute approximate surface area is 173 Å². The van der Waals surface area contributed by atoms with Gasteiger partial charge in [-0.15, -0.1) is 0 Å². The third kappa shape index (κ3) is 5.94. The van der Waals surface area contributed by atoms with E-state index in [2.05, 4.69) is 16.4 Å². The molecular weight excluding hydrogens is 366 g/mol. The lowest BCUT2D eigenvalue weighted by molar-refractivity contribution is -0.135. The quantitative estimate of drug-likeness (QED) is 0.740. The second kappa shape index (κ2) is 10.3. The zero-order valence-corrected chi connectivity index (χ0v) is 17.6. The van der Waals surface area contributed by atoms with Gasteiger partial charge in [0.25, 0.3) is 0 Å². The zero-order chi connectivity index (χ0) is 20.6. The van der Waals surface area contributed by atoms with Crippen molar-refractivity contribution >= 4 is 5.91 Å². The molecule has 1 amide bonds. The van der Waals surface area contributed by atoms with Crippen molar-refractivity contribution in [2.45, 2.75) is 45.9 Å². The molecule has 2 aromatic rings. The molecule has 0 radical (unpaired) electrons. The minimum absolute atomic E-state index is 0.0731. The number of benzene rings is 1. The molecule has 6 nitrogen and oxygen atoms in total. The normalized spacial score (nSPS) is 14.8. The summed E-state index contributed by atoms with van der Waals surface area (Å²) in [5, 5.41) is 3.62. The Morgan fingerprint density at radius 1 is 1.21 bits per heavy atom. The molecule has 1 fully saturated rings. The summed E-state index contributed by atoms with van der Waals surface area (Å²) in [4.78, 5) is 18.2. The highest BCUT2D eigenvalue weighted by Crippen LogP contribution is 2.29. The van der Waals surface area contributed by atoms with Crippen LogP contribution in [-0.4, -0.2) is 42.0 Å². The maximum Gasteiger partial charge on any atom is 0.225 e. The van der Waals surface area contributed by atoms with Gasteiger partial charge in [-0.2, -0.15) is 0 Å². The number of hydrogen-bond acceptors (Lipinski definition) is 5. The molecule has 1 aromatic heterocycles. The highest BCUT2D eigenvalue weighted by molar-refractivity contribution is 5.78. The molecule has 0 unspecified atom stereocenters. The van der Waals surface area contributed by atoms with Gasteiger partial charge in [-0.05, 0) is 36.6 Å². The van der Waals surface area contributed by atoms with Gasteiger partial charge in [0.05, 0.1) is 7.11 Å². The number of methoxy groups -OCH3 is 1. The molecular formula is C23H31N3O3. The van der Waals surface area contributed by atoms with E-state index in [4.69, 9.17) is 9.47 Å². The highest BCUT2D eigenvalue weighted by atomic mass is 16.5. The predicted octanol–water partition coefficient (Wildman–Crippen LogP) is 3.41. The van der Waals surface area contributed by atoms with Crippen molar-refractivity contribution < 1.29 is 14.3 Å². The highest BCUT2D eigenvalue weighted by Gasteiger charge is 2.23. The van der Waals surface area contributed by atoms with E-state index in [1.807, 2.05) is 43.0 Å². The van der Waals surface area contributed by atoms with Gasteiger partial charge >= 0.3 is 0 Å². The van der Waals surface area contributed by atoms with E-state index in [9.17, 15) is 4.79 Å². The first-order chi connectivity index (χ1) is 14.1. The molecule has 0 aliphatic carbocycles. The fourth-order valence-electron chi connectivity index (χ4n) is 3.52. The number of hydrogen-bond donors (Lipinski definition) is 1. The molecule has 2 heterocycles. The lowest BCUT2D eigenvalue weighted by atomic mass is 10.0. The summed E-state index contributed by atoms with van der Waals surface area (Å²) in [6.07, 6.45) is 5.52. The molecule has 0 saturated carbocycles. The van der Waals surface area contributed by atoms with E-state index >= 15 is 0 Å². The Hall–Kier alpha value is -2.60. The smallest absolute Gasteiger partial charge is 0.225 e. The number of ether oxygens (including phenoxy) is 2. The van der Waals surface area contributed by atoms with Gasteiger partial charge in [-0.25, -0.2) is 0 Å². The van der Waals surface area contributed by atoms with Crippen LogP contribution >= 0.6 is 0 Å². The number of aromatic nitrogens is 1. The molecule has 1 aromatic carbocycles. The molecule has 3 rings (SSSR count). The van der Waals surface area contributed by atoms with Gasteiger partial charge in [0, 0.05) is 49.6 Å². The Kier molecular flexibility index (Phi) is 7.47. The maximum atomic E-state index is 12.1. The lowest BCUT2D eigenvalue weighted by Gasteiger charge is -2.33. The number of amides is 1. The number of nitrogens with one attached hydrogen (secondary N) is 1. The van der Waals surface area contributed by atoms with Crippen LogP contribution in [0.25, 0.3) is 0 Å². The number of piperidine rings is 1. The molecule has 29 heavy (non-hydrogen) atoms. The number of nitrogens with zero attached hydrogens (tertiary/aromatic N) is 2. The number of likely N-dealkylation sites (tertiary alicyclic amines) is 1. The third-order valence-corrected chi connectivity index (χ3v) is 5.24. The summed E-state index contributed by atoms with van der Waals surface area (Å²) < 4.78 is 11.4. The molecule has 0 bridgehead atoms. The van der Waals surface area contributed by atoms with Crippen LogP contribution in [0.5, 0.6) is 11.5 Å². The van der Waals surface area contributed by atoms with Gasteiger partial charge in [0.1, 0.15) is 6.61 Å². The Morgan fingerprint density at radius 2 is 2.00 bits per heavy atom. The second-order valence-electron chi connectivity index (χ2n) is 7.77. The summed E-state index contributed by atoms with van der Waals surface area (Å²) in [5.41, 5.74) is 2.16. The first kappa shape index (κ1) is 21.1. The van der Waals surface area contributed by atoms with Crippen molar-refractivity contribution in [1.29, 1.82) is 0 Å². The molecule has 1 saturated heterocycles. The Balaban J connectivity index is 1.53. The van der Waals surface area contributed by atoms with E-state index in [1.165, 1.54) is 0 Å². The van der Waals surface area contributed by atoms with Gasteiger partial charge in [0.2, 0.25) is 5.91 Å². The number of carbonyl (C=O) groups excluding carboxylic acids is 1. The van der Waals surface area contributed by atoms with Crippen molar-refractivity contribution in [2.75, 3.05) is 20.2 Å². The fraction of sp³-hybridized carbons (Fsp3) is 0.478. The molecule has 0 spiro atoms. The fourth-order valence-corrected chi connectivity index (χ4v) is 3.52. The van der Waals surface area contributed by atoms with Crippen molar-refractivity contribution in [2.24, 2.45) is 5.92 Å². The van der Waals surface area contributed by atoms with Crippen molar-refractivity contribution in [1.82, 2.24) is 15.2 Å². The summed E-state index contributed by atoms with van der Waals surface area (Å²) in [5.74, 6) is 1.78. The Morgan fingerprint density at radius 3 is 2.66 bits per heavy atom. The van der Waals surface area contributed by atoms with Crippen molar-refractivity contribution in [3.05, 3.63) is 53.9 Å². The number of carbonyl (C=O) groups is 1. The van der Waals surface area contributed by atoms with Crippen LogP contribution in [-0.2, 0) is 17.9 Å². The number of pyridine rings is 1. The lowest BCUT2D eigenvalue weighted by Crippen LogP contribution is -2.45. The summed E-state index contributed by atoms with van der Waals surface area (Å²) in [6.45, 7) is 6.79. The minimum atomic E-state index is 0.0731. The van der Waals surface area contributed by atoms with Crippen LogP contribution < -0.4 is 14.8 Å².